The smallest absolute Gasteiger partial charge is 0.271 e. The zero-order valence-electron chi connectivity index (χ0n) is 7.08. The second-order valence-corrected chi connectivity index (χ2v) is 3.24. The molecule has 4 nitrogen and oxygen atoms in total. The molecule has 1 rings (SSSR count). The maximum absolute atomic E-state index is 5.36. The first-order valence-corrected chi connectivity index (χ1v) is 4.40. The van der Waals surface area contributed by atoms with Crippen LogP contribution in [0.1, 0.15) is 13.3 Å². The zero-order chi connectivity index (χ0) is 8.97. The summed E-state index contributed by atoms with van der Waals surface area (Å²) in [4.78, 5) is 0. The largest absolute Gasteiger partial charge is 0.470 e. The Balaban J connectivity index is 2.18. The van der Waals surface area contributed by atoms with Gasteiger partial charge in [0.2, 0.25) is 0 Å². The minimum atomic E-state index is 0.245. The quantitative estimate of drug-likeness (QED) is 0.369. The van der Waals surface area contributed by atoms with Gasteiger partial charge < -0.3 is 9.47 Å². The van der Waals surface area contributed by atoms with Gasteiger partial charge in [0.1, 0.15) is 0 Å². The Labute approximate surface area is 77.4 Å². The van der Waals surface area contributed by atoms with Crippen LogP contribution in [0.25, 0.3) is 0 Å². The minimum Gasteiger partial charge on any atom is -0.470 e. The molecule has 1 aliphatic heterocycles. The highest BCUT2D eigenvalue weighted by Gasteiger charge is 2.24. The van der Waals surface area contributed by atoms with E-state index in [1.807, 2.05) is 6.92 Å². The van der Waals surface area contributed by atoms with Crippen molar-refractivity contribution in [3.05, 3.63) is 0 Å². The molecule has 70 valence electrons. The molecular formula is C7H14N2O2S. The van der Waals surface area contributed by atoms with E-state index >= 15 is 0 Å². The third kappa shape index (κ3) is 2.58. The normalized spacial score (nSPS) is 28.5. The first-order valence-electron chi connectivity index (χ1n) is 3.99. The van der Waals surface area contributed by atoms with E-state index in [9.17, 15) is 0 Å². The molecule has 1 aliphatic rings. The van der Waals surface area contributed by atoms with Crippen LogP contribution in [-0.4, -0.2) is 24.5 Å². The molecule has 3 N–H and O–H groups in total. The fourth-order valence-corrected chi connectivity index (χ4v) is 1.29. The van der Waals surface area contributed by atoms with Crippen molar-refractivity contribution < 1.29 is 9.47 Å². The van der Waals surface area contributed by atoms with Gasteiger partial charge in [-0.3, -0.25) is 5.43 Å². The molecule has 12 heavy (non-hydrogen) atoms. The summed E-state index contributed by atoms with van der Waals surface area (Å²) in [6.45, 7) is 3.45. The molecule has 0 radical (unpaired) electrons. The van der Waals surface area contributed by atoms with Crippen LogP contribution >= 0.6 is 12.2 Å². The van der Waals surface area contributed by atoms with Crippen LogP contribution in [-0.2, 0) is 9.47 Å². The predicted octanol–water partition coefficient (Wildman–Crippen LogP) is 0.176. The van der Waals surface area contributed by atoms with Crippen LogP contribution in [0.15, 0.2) is 0 Å². The molecule has 0 aliphatic carbocycles. The van der Waals surface area contributed by atoms with Crippen LogP contribution in [0.2, 0.25) is 0 Å². The summed E-state index contributed by atoms with van der Waals surface area (Å²) < 4.78 is 10.5. The lowest BCUT2D eigenvalue weighted by Gasteiger charge is -2.14. The van der Waals surface area contributed by atoms with Crippen molar-refractivity contribution in [3.63, 3.8) is 0 Å². The number of rotatable bonds is 2. The number of hydrogen-bond acceptors (Lipinski definition) is 4. The monoisotopic (exact) mass is 190 g/mol. The second-order valence-electron chi connectivity index (χ2n) is 2.87. The molecule has 1 saturated heterocycles. The highest BCUT2D eigenvalue weighted by Crippen LogP contribution is 2.20. The Morgan fingerprint density at radius 1 is 1.83 bits per heavy atom. The fourth-order valence-electron chi connectivity index (χ4n) is 1.22. The number of ether oxygens (including phenoxy) is 2. The standard InChI is InChI=1S/C7H14N2O2S/c1-5-6(2-3-10-5)4-11-7(12)9-8/h5-6H,2-4,8H2,1H3,(H,9,12). The summed E-state index contributed by atoms with van der Waals surface area (Å²) in [5.74, 6) is 5.49. The lowest BCUT2D eigenvalue weighted by atomic mass is 10.0. The Bertz CT molecular complexity index is 165. The summed E-state index contributed by atoms with van der Waals surface area (Å²) in [5.41, 5.74) is 2.27. The van der Waals surface area contributed by atoms with Crippen molar-refractivity contribution in [2.45, 2.75) is 19.4 Å². The van der Waals surface area contributed by atoms with Crippen LogP contribution in [0.4, 0.5) is 0 Å². The summed E-state index contributed by atoms with van der Waals surface area (Å²) in [7, 11) is 0. The minimum absolute atomic E-state index is 0.245. The molecule has 0 aromatic carbocycles. The zero-order valence-corrected chi connectivity index (χ0v) is 7.89. The van der Waals surface area contributed by atoms with Crippen molar-refractivity contribution in [3.8, 4) is 0 Å². The van der Waals surface area contributed by atoms with Gasteiger partial charge in [0, 0.05) is 12.5 Å². The molecule has 0 amide bonds. The highest BCUT2D eigenvalue weighted by molar-refractivity contribution is 7.80. The van der Waals surface area contributed by atoms with E-state index in [1.165, 1.54) is 0 Å². The third-order valence-corrected chi connectivity index (χ3v) is 2.32. The van der Waals surface area contributed by atoms with Crippen LogP contribution < -0.4 is 11.3 Å². The number of hydrogen-bond donors (Lipinski definition) is 2. The number of thiocarbonyl (C=S) groups is 1. The Hall–Kier alpha value is -0.390. The van der Waals surface area contributed by atoms with Crippen molar-refractivity contribution in [1.29, 1.82) is 0 Å². The Morgan fingerprint density at radius 2 is 2.58 bits per heavy atom. The van der Waals surface area contributed by atoms with E-state index in [0.29, 0.717) is 12.5 Å². The van der Waals surface area contributed by atoms with E-state index in [0.717, 1.165) is 13.0 Å². The maximum atomic E-state index is 5.36. The molecule has 5 heteroatoms. The SMILES string of the molecule is CC1OCCC1COC(=S)NN. The predicted molar refractivity (Wildman–Crippen MR) is 49.4 cm³/mol. The van der Waals surface area contributed by atoms with E-state index in [4.69, 9.17) is 27.5 Å². The molecule has 2 unspecified atom stereocenters. The first kappa shape index (κ1) is 9.70. The van der Waals surface area contributed by atoms with Gasteiger partial charge >= 0.3 is 0 Å². The van der Waals surface area contributed by atoms with Gasteiger partial charge in [-0.25, -0.2) is 5.84 Å². The lowest BCUT2D eigenvalue weighted by Crippen LogP contribution is -2.32. The molecule has 2 atom stereocenters. The summed E-state index contributed by atoms with van der Waals surface area (Å²) in [5, 5.41) is 0.245. The van der Waals surface area contributed by atoms with Gasteiger partial charge in [0.05, 0.1) is 12.7 Å². The van der Waals surface area contributed by atoms with Gasteiger partial charge in [-0.2, -0.15) is 0 Å². The van der Waals surface area contributed by atoms with Crippen LogP contribution in [0, 0.1) is 5.92 Å². The van der Waals surface area contributed by atoms with Crippen LogP contribution in [0.3, 0.4) is 0 Å². The van der Waals surface area contributed by atoms with Gasteiger partial charge in [0.15, 0.2) is 0 Å². The molecule has 0 saturated carbocycles. The second kappa shape index (κ2) is 4.59. The van der Waals surface area contributed by atoms with Gasteiger partial charge in [0.25, 0.3) is 5.17 Å². The van der Waals surface area contributed by atoms with Gasteiger partial charge in [-0.15, -0.1) is 0 Å². The van der Waals surface area contributed by atoms with Crippen LogP contribution in [0.5, 0.6) is 0 Å². The molecular weight excluding hydrogens is 176 g/mol. The molecule has 0 spiro atoms. The van der Waals surface area contributed by atoms with Gasteiger partial charge in [-0.1, -0.05) is 0 Å². The molecule has 0 aromatic rings. The molecule has 0 bridgehead atoms. The summed E-state index contributed by atoms with van der Waals surface area (Å²) >= 11 is 4.73. The molecule has 0 aromatic heterocycles. The van der Waals surface area contributed by atoms with E-state index in [-0.39, 0.29) is 11.3 Å². The number of hydrazine groups is 1. The summed E-state index contributed by atoms with van der Waals surface area (Å²) in [6, 6.07) is 0. The summed E-state index contributed by atoms with van der Waals surface area (Å²) in [6.07, 6.45) is 1.31. The van der Waals surface area contributed by atoms with Crippen molar-refractivity contribution >= 4 is 17.4 Å². The third-order valence-electron chi connectivity index (χ3n) is 2.08. The number of nitrogens with two attached hydrogens (primary N) is 1. The Kier molecular flexibility index (Phi) is 3.71. The van der Waals surface area contributed by atoms with Crippen molar-refractivity contribution in [1.82, 2.24) is 5.43 Å². The van der Waals surface area contributed by atoms with Crippen molar-refractivity contribution in [2.24, 2.45) is 11.8 Å². The molecule has 1 heterocycles. The molecule has 1 fully saturated rings. The van der Waals surface area contributed by atoms with E-state index in [2.05, 4.69) is 5.43 Å². The topological polar surface area (TPSA) is 56.5 Å². The average molecular weight is 190 g/mol. The highest BCUT2D eigenvalue weighted by atomic mass is 32.1. The average Bonchev–Trinajstić information content (AvgIpc) is 2.47. The lowest BCUT2D eigenvalue weighted by molar-refractivity contribution is 0.0884. The first-order chi connectivity index (χ1) is 5.74. The number of nitrogens with one attached hydrogen (secondary N) is 1. The van der Waals surface area contributed by atoms with Gasteiger partial charge in [-0.05, 0) is 25.6 Å². The van der Waals surface area contributed by atoms with E-state index in [1.54, 1.807) is 0 Å². The van der Waals surface area contributed by atoms with E-state index < -0.39 is 0 Å². The van der Waals surface area contributed by atoms with Crippen molar-refractivity contribution in [2.75, 3.05) is 13.2 Å². The Morgan fingerprint density at radius 3 is 3.08 bits per heavy atom. The maximum Gasteiger partial charge on any atom is 0.271 e. The fraction of sp³-hybridized carbons (Fsp3) is 0.857.